The predicted molar refractivity (Wildman–Crippen MR) is 154 cm³/mol. The van der Waals surface area contributed by atoms with E-state index in [0.29, 0.717) is 27.9 Å². The first-order valence-corrected chi connectivity index (χ1v) is 12.9. The predicted octanol–water partition coefficient (Wildman–Crippen LogP) is 3.58. The molecule has 9 nitrogen and oxygen atoms in total. The number of hydrogen-bond acceptors (Lipinski definition) is 6. The quantitative estimate of drug-likeness (QED) is 0.305. The lowest BCUT2D eigenvalue weighted by molar-refractivity contribution is -0.117. The number of hydrogen-bond donors (Lipinski definition) is 2. The Labute approximate surface area is 236 Å². The van der Waals surface area contributed by atoms with E-state index in [1.807, 2.05) is 0 Å². The van der Waals surface area contributed by atoms with Gasteiger partial charge in [-0.15, -0.1) is 0 Å². The second-order valence-corrected chi connectivity index (χ2v) is 9.72. The summed E-state index contributed by atoms with van der Waals surface area (Å²) in [7, 11) is 4.95. The largest absolute Gasteiger partial charge is 0.345 e. The molecule has 210 valence electrons. The van der Waals surface area contributed by atoms with Crippen LogP contribution >= 0.6 is 0 Å². The van der Waals surface area contributed by atoms with Crippen LogP contribution in [0.25, 0.3) is 11.3 Å². The molecule has 2 aromatic carbocycles. The Bertz CT molecular complexity index is 1660. The summed E-state index contributed by atoms with van der Waals surface area (Å²) < 4.78 is 14.8. The summed E-state index contributed by atoms with van der Waals surface area (Å²) >= 11 is 0. The molecular formula is C31H30FN5O4. The standard InChI is InChI=1S/C31H30FN5O4/c1-19(33-2)29(39)35-26-12-13-27(22-6-5-7-23(15-22)30(40)36(3)4)37(31(26)41)18-20-14-24(17-34-16-20)28(38)21-8-10-25(32)11-9-21/h5-17,19,33H,18H2,1-4H3,(H,35,39). The van der Waals surface area contributed by atoms with Crippen LogP contribution in [0.15, 0.2) is 83.9 Å². The van der Waals surface area contributed by atoms with E-state index in [1.54, 1.807) is 64.5 Å². The summed E-state index contributed by atoms with van der Waals surface area (Å²) in [5.41, 5.74) is 2.28. The van der Waals surface area contributed by atoms with Gasteiger partial charge in [0.25, 0.3) is 11.5 Å². The maximum atomic E-state index is 13.7. The van der Waals surface area contributed by atoms with Crippen LogP contribution < -0.4 is 16.2 Å². The van der Waals surface area contributed by atoms with E-state index in [0.717, 1.165) is 0 Å². The van der Waals surface area contributed by atoms with Gasteiger partial charge in [-0.3, -0.25) is 24.2 Å². The zero-order valence-electron chi connectivity index (χ0n) is 23.1. The Kier molecular flexibility index (Phi) is 8.84. The number of ketones is 1. The summed E-state index contributed by atoms with van der Waals surface area (Å²) in [5.74, 6) is -1.37. The third-order valence-corrected chi connectivity index (χ3v) is 6.57. The van der Waals surface area contributed by atoms with E-state index in [9.17, 15) is 23.6 Å². The average molecular weight is 556 g/mol. The van der Waals surface area contributed by atoms with Gasteiger partial charge in [0, 0.05) is 43.2 Å². The molecule has 1 atom stereocenters. The molecule has 2 heterocycles. The Hall–Kier alpha value is -4.96. The van der Waals surface area contributed by atoms with Crippen LogP contribution in [-0.2, 0) is 11.3 Å². The number of carbonyl (C=O) groups is 3. The van der Waals surface area contributed by atoms with Gasteiger partial charge in [-0.05, 0) is 79.7 Å². The van der Waals surface area contributed by atoms with Gasteiger partial charge in [0.2, 0.25) is 5.91 Å². The SMILES string of the molecule is CNC(C)C(=O)Nc1ccc(-c2cccc(C(=O)N(C)C)c2)n(Cc2cncc(C(=O)c3ccc(F)cc3)c2)c1=O. The van der Waals surface area contributed by atoms with E-state index in [-0.39, 0.29) is 35.4 Å². The van der Waals surface area contributed by atoms with E-state index >= 15 is 0 Å². The number of nitrogens with one attached hydrogen (secondary N) is 2. The highest BCUT2D eigenvalue weighted by Gasteiger charge is 2.18. The lowest BCUT2D eigenvalue weighted by Crippen LogP contribution is -2.37. The number of halogens is 1. The number of anilines is 1. The van der Waals surface area contributed by atoms with Crippen molar-refractivity contribution in [3.8, 4) is 11.3 Å². The Morgan fingerprint density at radius 3 is 2.37 bits per heavy atom. The minimum Gasteiger partial charge on any atom is -0.345 e. The van der Waals surface area contributed by atoms with E-state index in [4.69, 9.17) is 0 Å². The molecule has 1 unspecified atom stereocenters. The molecule has 0 aliphatic rings. The lowest BCUT2D eigenvalue weighted by atomic mass is 10.0. The molecular weight excluding hydrogens is 525 g/mol. The van der Waals surface area contributed by atoms with Crippen LogP contribution in [0, 0.1) is 5.82 Å². The second-order valence-electron chi connectivity index (χ2n) is 9.72. The highest BCUT2D eigenvalue weighted by atomic mass is 19.1. The molecule has 2 N–H and O–H groups in total. The fraction of sp³-hybridized carbons (Fsp3) is 0.194. The summed E-state index contributed by atoms with van der Waals surface area (Å²) in [6.07, 6.45) is 2.95. The smallest absolute Gasteiger partial charge is 0.275 e. The summed E-state index contributed by atoms with van der Waals surface area (Å²) in [5, 5.41) is 5.51. The van der Waals surface area contributed by atoms with Crippen LogP contribution in [0.1, 0.15) is 38.8 Å². The molecule has 0 bridgehead atoms. The number of benzene rings is 2. The first kappa shape index (κ1) is 29.0. The molecule has 4 aromatic rings. The Morgan fingerprint density at radius 1 is 0.951 bits per heavy atom. The van der Waals surface area contributed by atoms with Gasteiger partial charge in [0.05, 0.1) is 18.3 Å². The Morgan fingerprint density at radius 2 is 1.68 bits per heavy atom. The van der Waals surface area contributed by atoms with Crippen LogP contribution in [-0.4, -0.2) is 59.2 Å². The number of rotatable bonds is 9. The molecule has 0 aliphatic carbocycles. The van der Waals surface area contributed by atoms with Crippen molar-refractivity contribution in [1.29, 1.82) is 0 Å². The van der Waals surface area contributed by atoms with Crippen molar-refractivity contribution in [2.45, 2.75) is 19.5 Å². The molecule has 10 heteroatoms. The van der Waals surface area contributed by atoms with Gasteiger partial charge >= 0.3 is 0 Å². The minimum atomic E-state index is -0.533. The van der Waals surface area contributed by atoms with Crippen molar-refractivity contribution in [2.75, 3.05) is 26.5 Å². The number of nitrogens with zero attached hydrogens (tertiary/aromatic N) is 3. The normalized spacial score (nSPS) is 11.5. The van der Waals surface area contributed by atoms with Crippen LogP contribution in [0.4, 0.5) is 10.1 Å². The van der Waals surface area contributed by atoms with Crippen LogP contribution in [0.3, 0.4) is 0 Å². The first-order chi connectivity index (χ1) is 19.6. The number of carbonyl (C=O) groups excluding carboxylic acids is 3. The maximum absolute atomic E-state index is 13.7. The van der Waals surface area contributed by atoms with E-state index < -0.39 is 17.4 Å². The summed E-state index contributed by atoms with van der Waals surface area (Å²) in [4.78, 5) is 57.6. The lowest BCUT2D eigenvalue weighted by Gasteiger charge is -2.18. The average Bonchev–Trinajstić information content (AvgIpc) is 2.98. The summed E-state index contributed by atoms with van der Waals surface area (Å²) in [6.45, 7) is 1.69. The molecule has 2 amide bonds. The van der Waals surface area contributed by atoms with Crippen molar-refractivity contribution in [3.05, 3.63) is 118 Å². The van der Waals surface area contributed by atoms with Gasteiger partial charge in [-0.1, -0.05) is 12.1 Å². The molecule has 2 aromatic heterocycles. The van der Waals surface area contributed by atoms with Crippen molar-refractivity contribution in [1.82, 2.24) is 19.8 Å². The maximum Gasteiger partial charge on any atom is 0.275 e. The van der Waals surface area contributed by atoms with Crippen molar-refractivity contribution < 1.29 is 18.8 Å². The molecule has 41 heavy (non-hydrogen) atoms. The van der Waals surface area contributed by atoms with Crippen LogP contribution in [0.2, 0.25) is 0 Å². The van der Waals surface area contributed by atoms with E-state index in [1.165, 1.54) is 52.2 Å². The highest BCUT2D eigenvalue weighted by molar-refractivity contribution is 6.08. The van der Waals surface area contributed by atoms with Gasteiger partial charge in [-0.2, -0.15) is 0 Å². The van der Waals surface area contributed by atoms with Gasteiger partial charge in [0.1, 0.15) is 11.5 Å². The molecule has 0 aliphatic heterocycles. The number of pyridine rings is 2. The monoisotopic (exact) mass is 555 g/mol. The Balaban J connectivity index is 1.78. The minimum absolute atomic E-state index is 0.0167. The van der Waals surface area contributed by atoms with Gasteiger partial charge in [0.15, 0.2) is 5.78 Å². The second kappa shape index (κ2) is 12.5. The zero-order valence-corrected chi connectivity index (χ0v) is 23.1. The number of likely N-dealkylation sites (N-methyl/N-ethyl adjacent to an activating group) is 1. The molecule has 0 radical (unpaired) electrons. The van der Waals surface area contributed by atoms with E-state index in [2.05, 4.69) is 15.6 Å². The summed E-state index contributed by atoms with van der Waals surface area (Å²) in [6, 6.07) is 16.4. The molecule has 0 fully saturated rings. The topological polar surface area (TPSA) is 113 Å². The van der Waals surface area contributed by atoms with Crippen molar-refractivity contribution >= 4 is 23.3 Å². The number of aromatic nitrogens is 2. The zero-order chi connectivity index (χ0) is 29.7. The number of amides is 2. The third-order valence-electron chi connectivity index (χ3n) is 6.57. The molecule has 0 saturated heterocycles. The van der Waals surface area contributed by atoms with Crippen molar-refractivity contribution in [2.24, 2.45) is 0 Å². The molecule has 4 rings (SSSR count). The highest BCUT2D eigenvalue weighted by Crippen LogP contribution is 2.23. The fourth-order valence-corrected chi connectivity index (χ4v) is 4.17. The first-order valence-electron chi connectivity index (χ1n) is 12.9. The van der Waals surface area contributed by atoms with Gasteiger partial charge in [-0.25, -0.2) is 4.39 Å². The molecule has 0 saturated carbocycles. The molecule has 0 spiro atoms. The van der Waals surface area contributed by atoms with Crippen molar-refractivity contribution in [3.63, 3.8) is 0 Å². The fourth-order valence-electron chi connectivity index (χ4n) is 4.17. The third kappa shape index (κ3) is 6.62. The van der Waals surface area contributed by atoms with Gasteiger partial charge < -0.3 is 20.1 Å². The van der Waals surface area contributed by atoms with Crippen LogP contribution in [0.5, 0.6) is 0 Å².